The van der Waals surface area contributed by atoms with E-state index in [1.807, 2.05) is 0 Å². The molecule has 1 aromatic heterocycles. The number of aromatic nitrogens is 2. The topological polar surface area (TPSA) is 128 Å². The highest BCUT2D eigenvalue weighted by molar-refractivity contribution is 6.32. The molecular formula is C11H8ClN5O3. The normalized spacial score (nSPS) is 10.1. The molecule has 0 saturated carbocycles. The van der Waals surface area contributed by atoms with Crippen molar-refractivity contribution in [3.05, 3.63) is 51.4 Å². The van der Waals surface area contributed by atoms with E-state index in [-0.39, 0.29) is 33.9 Å². The lowest BCUT2D eigenvalue weighted by atomic mass is 10.3. The van der Waals surface area contributed by atoms with Crippen molar-refractivity contribution in [2.45, 2.75) is 0 Å². The fraction of sp³-hybridized carbons (Fsp3) is 0. The lowest BCUT2D eigenvalue weighted by Gasteiger charge is -2.06. The van der Waals surface area contributed by atoms with E-state index in [1.54, 1.807) is 0 Å². The lowest BCUT2D eigenvalue weighted by molar-refractivity contribution is -0.384. The molecule has 0 aliphatic carbocycles. The Hall–Kier alpha value is -2.74. The van der Waals surface area contributed by atoms with Crippen LogP contribution in [0.1, 0.15) is 5.69 Å². The molecule has 0 aliphatic rings. The van der Waals surface area contributed by atoms with Gasteiger partial charge in [-0.15, -0.1) is 0 Å². The first-order chi connectivity index (χ1) is 9.47. The summed E-state index contributed by atoms with van der Waals surface area (Å²) in [4.78, 5) is 17.8. The van der Waals surface area contributed by atoms with Gasteiger partial charge in [-0.3, -0.25) is 15.5 Å². The van der Waals surface area contributed by atoms with E-state index in [1.165, 1.54) is 30.6 Å². The van der Waals surface area contributed by atoms with Crippen LogP contribution < -0.4 is 10.5 Å². The molecule has 0 amide bonds. The van der Waals surface area contributed by atoms with Gasteiger partial charge >= 0.3 is 0 Å². The first-order valence-corrected chi connectivity index (χ1v) is 5.63. The molecule has 0 atom stereocenters. The summed E-state index contributed by atoms with van der Waals surface area (Å²) >= 11 is 5.87. The van der Waals surface area contributed by atoms with Gasteiger partial charge in [0.2, 0.25) is 5.88 Å². The molecule has 0 unspecified atom stereocenters. The number of nitrogens with one attached hydrogen (secondary N) is 1. The quantitative estimate of drug-likeness (QED) is 0.384. The summed E-state index contributed by atoms with van der Waals surface area (Å²) in [5, 5.41) is 17.8. The third kappa shape index (κ3) is 2.98. The molecule has 9 heteroatoms. The average Bonchev–Trinajstić information content (AvgIpc) is 2.41. The Bertz CT molecular complexity index is 674. The van der Waals surface area contributed by atoms with Crippen molar-refractivity contribution in [1.29, 1.82) is 5.41 Å². The highest BCUT2D eigenvalue weighted by atomic mass is 35.5. The van der Waals surface area contributed by atoms with Crippen LogP contribution in [0.4, 0.5) is 5.69 Å². The number of hydrogen-bond acceptors (Lipinski definition) is 6. The Labute approximate surface area is 117 Å². The maximum atomic E-state index is 10.6. The summed E-state index contributed by atoms with van der Waals surface area (Å²) in [5.41, 5.74) is 5.32. The molecule has 1 aromatic carbocycles. The molecule has 2 rings (SSSR count). The van der Waals surface area contributed by atoms with Crippen LogP contribution in [0.2, 0.25) is 5.02 Å². The molecule has 102 valence electrons. The molecule has 0 fully saturated rings. The standard InChI is InChI=1S/C11H8ClN5O3/c12-7-3-6(17(18)19)1-2-9(7)20-10-5-15-8(4-16-10)11(13)14/h1-5H,(H3,13,14). The highest BCUT2D eigenvalue weighted by Gasteiger charge is 2.11. The maximum absolute atomic E-state index is 10.6. The fourth-order valence-corrected chi connectivity index (χ4v) is 1.52. The third-order valence-electron chi connectivity index (χ3n) is 2.24. The van der Waals surface area contributed by atoms with E-state index in [0.29, 0.717) is 0 Å². The van der Waals surface area contributed by atoms with Gasteiger partial charge in [-0.1, -0.05) is 11.6 Å². The summed E-state index contributed by atoms with van der Waals surface area (Å²) in [6, 6.07) is 3.80. The van der Waals surface area contributed by atoms with Crippen LogP contribution in [0, 0.1) is 15.5 Å². The number of hydrogen-bond donors (Lipinski definition) is 2. The number of nitrogen functional groups attached to an aromatic ring is 1. The summed E-state index contributed by atoms with van der Waals surface area (Å²) in [6.45, 7) is 0. The number of nitrogens with two attached hydrogens (primary N) is 1. The van der Waals surface area contributed by atoms with E-state index in [2.05, 4.69) is 9.97 Å². The van der Waals surface area contributed by atoms with Crippen LogP contribution >= 0.6 is 11.6 Å². The number of nitrogens with zero attached hydrogens (tertiary/aromatic N) is 3. The van der Waals surface area contributed by atoms with Gasteiger partial charge in [0.1, 0.15) is 17.3 Å². The van der Waals surface area contributed by atoms with Crippen LogP contribution in [0.15, 0.2) is 30.6 Å². The smallest absolute Gasteiger partial charge is 0.271 e. The summed E-state index contributed by atoms with van der Waals surface area (Å²) in [5.74, 6) is 0.130. The number of rotatable bonds is 4. The molecule has 20 heavy (non-hydrogen) atoms. The zero-order valence-electron chi connectivity index (χ0n) is 9.91. The molecule has 0 bridgehead atoms. The molecule has 0 spiro atoms. The van der Waals surface area contributed by atoms with E-state index in [9.17, 15) is 10.1 Å². The highest BCUT2D eigenvalue weighted by Crippen LogP contribution is 2.31. The van der Waals surface area contributed by atoms with Crippen molar-refractivity contribution in [2.75, 3.05) is 0 Å². The van der Waals surface area contributed by atoms with Crippen LogP contribution in [-0.4, -0.2) is 20.7 Å². The zero-order chi connectivity index (χ0) is 14.7. The van der Waals surface area contributed by atoms with Crippen molar-refractivity contribution in [3.63, 3.8) is 0 Å². The van der Waals surface area contributed by atoms with Crippen LogP contribution in [-0.2, 0) is 0 Å². The van der Waals surface area contributed by atoms with Gasteiger partial charge in [0.25, 0.3) is 5.69 Å². The number of non-ortho nitro benzene ring substituents is 1. The SMILES string of the molecule is N=C(N)c1cnc(Oc2ccc([N+](=O)[O-])cc2Cl)cn1. The second kappa shape index (κ2) is 5.49. The molecule has 0 radical (unpaired) electrons. The Morgan fingerprint density at radius 1 is 1.40 bits per heavy atom. The maximum Gasteiger partial charge on any atom is 0.271 e. The van der Waals surface area contributed by atoms with Gasteiger partial charge in [0, 0.05) is 12.1 Å². The molecule has 0 aliphatic heterocycles. The van der Waals surface area contributed by atoms with Crippen molar-refractivity contribution in [1.82, 2.24) is 9.97 Å². The Morgan fingerprint density at radius 2 is 2.15 bits per heavy atom. The number of amidine groups is 1. The molecule has 8 nitrogen and oxygen atoms in total. The summed E-state index contributed by atoms with van der Waals surface area (Å²) < 4.78 is 5.34. The predicted octanol–water partition coefficient (Wildman–Crippen LogP) is 2.11. The second-order valence-corrected chi connectivity index (χ2v) is 4.03. The summed E-state index contributed by atoms with van der Waals surface area (Å²) in [6.07, 6.45) is 2.55. The molecule has 3 N–H and O–H groups in total. The number of nitro groups is 1. The monoisotopic (exact) mass is 293 g/mol. The molecule has 2 aromatic rings. The lowest BCUT2D eigenvalue weighted by Crippen LogP contribution is -2.13. The van der Waals surface area contributed by atoms with Gasteiger partial charge in [0.15, 0.2) is 0 Å². The minimum atomic E-state index is -0.558. The summed E-state index contributed by atoms with van der Waals surface area (Å²) in [7, 11) is 0. The van der Waals surface area contributed by atoms with E-state index < -0.39 is 4.92 Å². The largest absolute Gasteiger partial charge is 0.436 e. The Morgan fingerprint density at radius 3 is 2.65 bits per heavy atom. The van der Waals surface area contributed by atoms with Gasteiger partial charge in [-0.2, -0.15) is 0 Å². The third-order valence-corrected chi connectivity index (χ3v) is 2.54. The second-order valence-electron chi connectivity index (χ2n) is 3.63. The number of halogens is 1. The molecular weight excluding hydrogens is 286 g/mol. The zero-order valence-corrected chi connectivity index (χ0v) is 10.7. The van der Waals surface area contributed by atoms with Gasteiger partial charge in [-0.25, -0.2) is 9.97 Å². The fourth-order valence-electron chi connectivity index (χ4n) is 1.31. The van der Waals surface area contributed by atoms with Crippen LogP contribution in [0.5, 0.6) is 11.6 Å². The molecule has 1 heterocycles. The number of benzene rings is 1. The Balaban J connectivity index is 2.21. The van der Waals surface area contributed by atoms with E-state index >= 15 is 0 Å². The van der Waals surface area contributed by atoms with Crippen molar-refractivity contribution in [2.24, 2.45) is 5.73 Å². The Kier molecular flexibility index (Phi) is 3.76. The van der Waals surface area contributed by atoms with Gasteiger partial charge in [0.05, 0.1) is 22.3 Å². The first kappa shape index (κ1) is 13.7. The van der Waals surface area contributed by atoms with Crippen molar-refractivity contribution in [3.8, 4) is 11.6 Å². The molecule has 0 saturated heterocycles. The minimum Gasteiger partial charge on any atom is -0.436 e. The average molecular weight is 294 g/mol. The van der Waals surface area contributed by atoms with Gasteiger partial charge in [-0.05, 0) is 6.07 Å². The predicted molar refractivity (Wildman–Crippen MR) is 71.2 cm³/mol. The number of ether oxygens (including phenoxy) is 1. The van der Waals surface area contributed by atoms with Crippen molar-refractivity contribution >= 4 is 23.1 Å². The van der Waals surface area contributed by atoms with Crippen LogP contribution in [0.25, 0.3) is 0 Å². The first-order valence-electron chi connectivity index (χ1n) is 5.25. The van der Waals surface area contributed by atoms with E-state index in [0.717, 1.165) is 0 Å². The van der Waals surface area contributed by atoms with E-state index in [4.69, 9.17) is 27.5 Å². The van der Waals surface area contributed by atoms with Gasteiger partial charge < -0.3 is 10.5 Å². The number of nitro benzene ring substituents is 1. The minimum absolute atomic E-state index is 0.0802. The van der Waals surface area contributed by atoms with Crippen LogP contribution in [0.3, 0.4) is 0 Å². The van der Waals surface area contributed by atoms with Crippen molar-refractivity contribution < 1.29 is 9.66 Å².